The van der Waals surface area contributed by atoms with Crippen LogP contribution < -0.4 is 10.0 Å². The van der Waals surface area contributed by atoms with Crippen LogP contribution in [0.5, 0.6) is 0 Å². The van der Waals surface area contributed by atoms with E-state index in [2.05, 4.69) is 10.0 Å². The lowest BCUT2D eigenvalue weighted by molar-refractivity contribution is -0.129. The van der Waals surface area contributed by atoms with E-state index in [4.69, 9.17) is 4.74 Å². The summed E-state index contributed by atoms with van der Waals surface area (Å²) in [6.07, 6.45) is 6.45. The number of hydrogen-bond acceptors (Lipinski definition) is 5. The Hall–Kier alpha value is -2.09. The van der Waals surface area contributed by atoms with Gasteiger partial charge in [0.25, 0.3) is 5.91 Å². The van der Waals surface area contributed by atoms with Crippen molar-refractivity contribution in [1.29, 1.82) is 0 Å². The zero-order valence-electron chi connectivity index (χ0n) is 15.2. The van der Waals surface area contributed by atoms with Crippen LogP contribution in [0.25, 0.3) is 0 Å². The molecule has 8 heteroatoms. The third-order valence-electron chi connectivity index (χ3n) is 4.30. The Balaban J connectivity index is 1.99. The number of amides is 1. The second-order valence-electron chi connectivity index (χ2n) is 6.66. The Labute approximate surface area is 154 Å². The van der Waals surface area contributed by atoms with Crippen LogP contribution >= 0.6 is 0 Å². The highest BCUT2D eigenvalue weighted by Crippen LogP contribution is 2.19. The Bertz CT molecular complexity index is 740. The van der Waals surface area contributed by atoms with Gasteiger partial charge in [0.2, 0.25) is 10.0 Å². The Morgan fingerprint density at radius 2 is 1.73 bits per heavy atom. The fourth-order valence-corrected chi connectivity index (χ4v) is 3.55. The Morgan fingerprint density at radius 3 is 2.35 bits per heavy atom. The number of anilines is 1. The van der Waals surface area contributed by atoms with E-state index in [9.17, 15) is 18.0 Å². The normalized spacial score (nSPS) is 17.0. The van der Waals surface area contributed by atoms with Gasteiger partial charge >= 0.3 is 5.97 Å². The molecule has 1 aromatic rings. The van der Waals surface area contributed by atoms with Crippen LogP contribution in [-0.2, 0) is 19.6 Å². The molecule has 1 aliphatic carbocycles. The molecule has 144 valence electrons. The van der Waals surface area contributed by atoms with Crippen molar-refractivity contribution in [3.63, 3.8) is 0 Å². The lowest BCUT2D eigenvalue weighted by Gasteiger charge is -2.20. The molecule has 1 aromatic carbocycles. The second kappa shape index (κ2) is 9.02. The number of esters is 1. The van der Waals surface area contributed by atoms with Crippen LogP contribution in [-0.4, -0.2) is 38.7 Å². The number of nitrogens with one attached hydrogen (secondary N) is 2. The van der Waals surface area contributed by atoms with Crippen molar-refractivity contribution in [2.24, 2.45) is 0 Å². The average molecular weight is 382 g/mol. The predicted molar refractivity (Wildman–Crippen MR) is 99.4 cm³/mol. The fraction of sp³-hybridized carbons (Fsp3) is 0.556. The lowest BCUT2D eigenvalue weighted by atomic mass is 10.1. The van der Waals surface area contributed by atoms with E-state index in [0.717, 1.165) is 31.9 Å². The van der Waals surface area contributed by atoms with Crippen LogP contribution in [0.3, 0.4) is 0 Å². The van der Waals surface area contributed by atoms with Crippen molar-refractivity contribution >= 4 is 27.6 Å². The first-order valence-corrected chi connectivity index (χ1v) is 10.7. The molecule has 1 atom stereocenters. The SMILES string of the molecule is C[C@@H](OC(=O)c1ccccc1NS(C)(=O)=O)C(=O)NC1CCCCCC1. The van der Waals surface area contributed by atoms with E-state index in [1.807, 2.05) is 0 Å². The monoisotopic (exact) mass is 382 g/mol. The molecule has 1 saturated carbocycles. The number of carbonyl (C=O) groups excluding carboxylic acids is 2. The van der Waals surface area contributed by atoms with Crippen molar-refractivity contribution in [3.8, 4) is 0 Å². The summed E-state index contributed by atoms with van der Waals surface area (Å²) >= 11 is 0. The van der Waals surface area contributed by atoms with Gasteiger partial charge in [-0.25, -0.2) is 13.2 Å². The van der Waals surface area contributed by atoms with Gasteiger partial charge in [-0.15, -0.1) is 0 Å². The molecule has 1 fully saturated rings. The highest BCUT2D eigenvalue weighted by Gasteiger charge is 2.24. The summed E-state index contributed by atoms with van der Waals surface area (Å²) in [5.41, 5.74) is 0.184. The van der Waals surface area contributed by atoms with Crippen LogP contribution in [0.2, 0.25) is 0 Å². The first-order valence-electron chi connectivity index (χ1n) is 8.84. The lowest BCUT2D eigenvalue weighted by Crippen LogP contribution is -2.41. The number of rotatable bonds is 6. The van der Waals surface area contributed by atoms with Gasteiger partial charge in [-0.1, -0.05) is 37.8 Å². The molecule has 0 saturated heterocycles. The quantitative estimate of drug-likeness (QED) is 0.581. The molecule has 26 heavy (non-hydrogen) atoms. The predicted octanol–water partition coefficient (Wildman–Crippen LogP) is 2.44. The first kappa shape index (κ1) is 20.2. The standard InChI is InChI=1S/C18H26N2O5S/c1-13(17(21)19-14-9-5-3-4-6-10-14)25-18(22)15-11-7-8-12-16(15)20-26(2,23)24/h7-8,11-14,20H,3-6,9-10H2,1-2H3,(H,19,21)/t13-/m1/s1. The van der Waals surface area contributed by atoms with Crippen molar-refractivity contribution in [3.05, 3.63) is 29.8 Å². The number of hydrogen-bond donors (Lipinski definition) is 2. The summed E-state index contributed by atoms with van der Waals surface area (Å²) in [5, 5.41) is 2.94. The molecular formula is C18H26N2O5S. The van der Waals surface area contributed by atoms with E-state index in [-0.39, 0.29) is 23.2 Å². The Morgan fingerprint density at radius 1 is 1.12 bits per heavy atom. The molecule has 1 aliphatic rings. The number of para-hydroxylation sites is 1. The van der Waals surface area contributed by atoms with Gasteiger partial charge < -0.3 is 10.1 Å². The van der Waals surface area contributed by atoms with Gasteiger partial charge in [0.1, 0.15) is 0 Å². The molecule has 0 heterocycles. The molecule has 0 spiro atoms. The average Bonchev–Trinajstić information content (AvgIpc) is 2.82. The molecule has 0 unspecified atom stereocenters. The van der Waals surface area contributed by atoms with Crippen LogP contribution in [0.1, 0.15) is 55.8 Å². The molecule has 1 amide bonds. The summed E-state index contributed by atoms with van der Waals surface area (Å²) in [4.78, 5) is 24.7. The highest BCUT2D eigenvalue weighted by atomic mass is 32.2. The zero-order chi connectivity index (χ0) is 19.2. The van der Waals surface area contributed by atoms with Gasteiger partial charge in [-0.2, -0.15) is 0 Å². The smallest absolute Gasteiger partial charge is 0.341 e. The zero-order valence-corrected chi connectivity index (χ0v) is 16.0. The maximum absolute atomic E-state index is 12.4. The summed E-state index contributed by atoms with van der Waals surface area (Å²) in [6.45, 7) is 1.51. The van der Waals surface area contributed by atoms with Gasteiger partial charge in [-0.3, -0.25) is 9.52 Å². The maximum Gasteiger partial charge on any atom is 0.341 e. The van der Waals surface area contributed by atoms with Crippen LogP contribution in [0, 0.1) is 0 Å². The first-order chi connectivity index (χ1) is 12.3. The molecule has 0 aliphatic heterocycles. The van der Waals surface area contributed by atoms with E-state index in [1.54, 1.807) is 12.1 Å². The van der Waals surface area contributed by atoms with Crippen molar-refractivity contribution in [1.82, 2.24) is 5.32 Å². The minimum absolute atomic E-state index is 0.0621. The number of benzene rings is 1. The maximum atomic E-state index is 12.4. The molecule has 0 bridgehead atoms. The summed E-state index contributed by atoms with van der Waals surface area (Å²) in [7, 11) is -3.54. The van der Waals surface area contributed by atoms with Gasteiger partial charge in [0.05, 0.1) is 17.5 Å². The second-order valence-corrected chi connectivity index (χ2v) is 8.41. The largest absolute Gasteiger partial charge is 0.449 e. The third kappa shape index (κ3) is 6.33. The highest BCUT2D eigenvalue weighted by molar-refractivity contribution is 7.92. The summed E-state index contributed by atoms with van der Waals surface area (Å²) in [6, 6.07) is 6.23. The molecule has 2 N–H and O–H groups in total. The Kier molecular flexibility index (Phi) is 7.02. The van der Waals surface area contributed by atoms with E-state index >= 15 is 0 Å². The number of ether oxygens (including phenoxy) is 1. The van der Waals surface area contributed by atoms with E-state index < -0.39 is 22.1 Å². The minimum atomic E-state index is -3.54. The van der Waals surface area contributed by atoms with Crippen molar-refractivity contribution in [2.45, 2.75) is 57.6 Å². The third-order valence-corrected chi connectivity index (χ3v) is 4.89. The molecule has 0 radical (unpaired) electrons. The minimum Gasteiger partial charge on any atom is -0.449 e. The van der Waals surface area contributed by atoms with Crippen LogP contribution in [0.15, 0.2) is 24.3 Å². The number of sulfonamides is 1. The molecular weight excluding hydrogens is 356 g/mol. The topological polar surface area (TPSA) is 102 Å². The van der Waals surface area contributed by atoms with Crippen LogP contribution in [0.4, 0.5) is 5.69 Å². The molecule has 2 rings (SSSR count). The van der Waals surface area contributed by atoms with Crippen molar-refractivity contribution in [2.75, 3.05) is 11.0 Å². The molecule has 7 nitrogen and oxygen atoms in total. The fourth-order valence-electron chi connectivity index (χ4n) is 2.97. The van der Waals surface area contributed by atoms with E-state index in [1.165, 1.54) is 31.9 Å². The van der Waals surface area contributed by atoms with Gasteiger partial charge in [0.15, 0.2) is 6.10 Å². The van der Waals surface area contributed by atoms with Gasteiger partial charge in [-0.05, 0) is 31.9 Å². The van der Waals surface area contributed by atoms with Gasteiger partial charge in [0, 0.05) is 6.04 Å². The number of carbonyl (C=O) groups is 2. The van der Waals surface area contributed by atoms with Crippen molar-refractivity contribution < 1.29 is 22.7 Å². The molecule has 0 aromatic heterocycles. The summed E-state index contributed by atoms with van der Waals surface area (Å²) in [5.74, 6) is -1.08. The summed E-state index contributed by atoms with van der Waals surface area (Å²) < 4.78 is 30.4. The van der Waals surface area contributed by atoms with E-state index in [0.29, 0.717) is 0 Å².